The Kier molecular flexibility index (Phi) is 7.03. The zero-order chi connectivity index (χ0) is 24.5. The number of thiazole rings is 1. The smallest absolute Gasteiger partial charge is 0.427 e. The Balaban J connectivity index is 1.60. The van der Waals surface area contributed by atoms with Crippen molar-refractivity contribution >= 4 is 50.6 Å². The molecule has 34 heavy (non-hydrogen) atoms. The lowest BCUT2D eigenvalue weighted by molar-refractivity contribution is 0.172. The summed E-state index contributed by atoms with van der Waals surface area (Å²) in [5.74, 6) is -2.03. The summed E-state index contributed by atoms with van der Waals surface area (Å²) in [4.78, 5) is 16.5. The van der Waals surface area contributed by atoms with Crippen LogP contribution in [0.4, 0.5) is 25.1 Å². The number of halogens is 3. The van der Waals surface area contributed by atoms with Gasteiger partial charge in [0.1, 0.15) is 16.5 Å². The molecule has 1 fully saturated rings. The predicted molar refractivity (Wildman–Crippen MR) is 125 cm³/mol. The Morgan fingerprint density at radius 3 is 2.65 bits per heavy atom. The van der Waals surface area contributed by atoms with E-state index in [1.54, 1.807) is 6.07 Å². The van der Waals surface area contributed by atoms with Crippen molar-refractivity contribution in [1.29, 1.82) is 0 Å². The number of benzene rings is 2. The van der Waals surface area contributed by atoms with Crippen molar-refractivity contribution in [2.24, 2.45) is 0 Å². The van der Waals surface area contributed by atoms with Gasteiger partial charge in [0.15, 0.2) is 5.82 Å². The highest BCUT2D eigenvalue weighted by molar-refractivity contribution is 7.93. The highest BCUT2D eigenvalue weighted by atomic mass is 35.5. The van der Waals surface area contributed by atoms with Crippen molar-refractivity contribution in [2.75, 3.05) is 22.7 Å². The van der Waals surface area contributed by atoms with E-state index in [1.807, 2.05) is 6.07 Å². The number of amides is 1. The Morgan fingerprint density at radius 1 is 1.26 bits per heavy atom. The lowest BCUT2D eigenvalue weighted by Crippen LogP contribution is -2.36. The minimum absolute atomic E-state index is 0.0127. The summed E-state index contributed by atoms with van der Waals surface area (Å²) >= 11 is 7.18. The van der Waals surface area contributed by atoms with Gasteiger partial charge in [0, 0.05) is 24.0 Å². The molecule has 0 radical (unpaired) electrons. The van der Waals surface area contributed by atoms with E-state index in [4.69, 9.17) is 11.6 Å². The second-order valence-electron chi connectivity index (χ2n) is 7.52. The maximum absolute atomic E-state index is 14.9. The summed E-state index contributed by atoms with van der Waals surface area (Å²) in [5, 5.41) is 13.3. The first kappa shape index (κ1) is 24.3. The monoisotopic (exact) mass is 528 g/mol. The van der Waals surface area contributed by atoms with Gasteiger partial charge in [-0.05, 0) is 43.3 Å². The fourth-order valence-corrected chi connectivity index (χ4v) is 5.70. The Labute approximate surface area is 203 Å². The molecule has 1 amide bonds. The average Bonchev–Trinajstić information content (AvgIpc) is 3.25. The lowest BCUT2D eigenvalue weighted by atomic mass is 10.0. The van der Waals surface area contributed by atoms with Gasteiger partial charge in [0.2, 0.25) is 0 Å². The van der Waals surface area contributed by atoms with Crippen molar-refractivity contribution in [3.05, 3.63) is 69.0 Å². The van der Waals surface area contributed by atoms with Gasteiger partial charge in [-0.25, -0.2) is 27.0 Å². The summed E-state index contributed by atoms with van der Waals surface area (Å²) in [6, 6.07) is 6.42. The molecule has 1 aliphatic heterocycles. The molecule has 4 rings (SSSR count). The molecule has 2 N–H and O–H groups in total. The minimum Gasteiger partial charge on any atom is -0.464 e. The molecule has 1 aromatic heterocycles. The molecule has 1 saturated heterocycles. The molecule has 2 aromatic carbocycles. The van der Waals surface area contributed by atoms with Gasteiger partial charge in [0.05, 0.1) is 16.2 Å². The number of rotatable bonds is 8. The zero-order valence-corrected chi connectivity index (χ0v) is 19.9. The van der Waals surface area contributed by atoms with Crippen LogP contribution in [0.5, 0.6) is 0 Å². The number of nitrogens with one attached hydrogen (secondary N) is 1. The molecule has 0 aliphatic carbocycles. The van der Waals surface area contributed by atoms with Gasteiger partial charge in [-0.1, -0.05) is 23.7 Å². The second-order valence-corrected chi connectivity index (χ2v) is 10.4. The Hall–Kier alpha value is -2.80. The molecule has 13 heteroatoms. The fourth-order valence-electron chi connectivity index (χ4n) is 3.50. The van der Waals surface area contributed by atoms with Crippen molar-refractivity contribution in [3.63, 3.8) is 0 Å². The van der Waals surface area contributed by atoms with Gasteiger partial charge in [-0.15, -0.1) is 15.6 Å². The normalized spacial score (nSPS) is 14.0. The van der Waals surface area contributed by atoms with E-state index in [1.165, 1.54) is 17.0 Å². The molecule has 0 atom stereocenters. The quantitative estimate of drug-likeness (QED) is 0.434. The van der Waals surface area contributed by atoms with Crippen LogP contribution in [0.25, 0.3) is 0 Å². The molecule has 2 heterocycles. The number of hydrogen-bond donors (Lipinski definition) is 2. The summed E-state index contributed by atoms with van der Waals surface area (Å²) < 4.78 is 55.2. The summed E-state index contributed by atoms with van der Waals surface area (Å²) in [6.45, 7) is 2.44. The summed E-state index contributed by atoms with van der Waals surface area (Å²) in [7, 11) is -4.86. The standard InChI is InChI=1S/C21H19ClF2N4O4S2/c22-15-7-19(34(31,32)28(21(29)30)20-11-33-12-26-20)17(24)8-18(15)25-9-14-13(3-1-4-16(14)23)10-27-5-2-6-27/h1,3-4,7-8,11-12,25H,2,5-6,9-10H2,(H,29,30). The number of hydrogen-bond acceptors (Lipinski definition) is 7. The minimum atomic E-state index is -4.86. The number of nitrogens with zero attached hydrogens (tertiary/aromatic N) is 3. The lowest BCUT2D eigenvalue weighted by Gasteiger charge is -2.31. The third-order valence-electron chi connectivity index (χ3n) is 5.36. The van der Waals surface area contributed by atoms with Crippen molar-refractivity contribution in [3.8, 4) is 0 Å². The molecule has 0 unspecified atom stereocenters. The van der Waals surface area contributed by atoms with Crippen LogP contribution < -0.4 is 9.62 Å². The first-order valence-electron chi connectivity index (χ1n) is 10.1. The van der Waals surface area contributed by atoms with Gasteiger partial charge in [-0.3, -0.25) is 4.90 Å². The molecule has 0 spiro atoms. The van der Waals surface area contributed by atoms with Gasteiger partial charge >= 0.3 is 6.09 Å². The summed E-state index contributed by atoms with van der Waals surface area (Å²) in [5.41, 5.74) is 2.45. The number of carboxylic acid groups (broad SMARTS) is 1. The maximum Gasteiger partial charge on any atom is 0.427 e. The van der Waals surface area contributed by atoms with Crippen LogP contribution >= 0.6 is 22.9 Å². The van der Waals surface area contributed by atoms with Gasteiger partial charge in [0.25, 0.3) is 10.0 Å². The SMILES string of the molecule is O=C(O)N(c1cscn1)S(=O)(=O)c1cc(Cl)c(NCc2c(F)cccc2CN2CCC2)cc1F. The van der Waals surface area contributed by atoms with Crippen LogP contribution in [0.3, 0.4) is 0 Å². The van der Waals surface area contributed by atoms with E-state index in [0.29, 0.717) is 12.1 Å². The second kappa shape index (κ2) is 9.82. The van der Waals surface area contributed by atoms with Gasteiger partial charge in [-0.2, -0.15) is 0 Å². The Morgan fingerprint density at radius 2 is 2.03 bits per heavy atom. The third kappa shape index (κ3) is 4.85. The van der Waals surface area contributed by atoms with E-state index < -0.39 is 32.6 Å². The molecular weight excluding hydrogens is 510 g/mol. The van der Waals surface area contributed by atoms with Crippen molar-refractivity contribution < 1.29 is 27.1 Å². The first-order valence-corrected chi connectivity index (χ1v) is 12.8. The number of aromatic nitrogens is 1. The molecule has 0 bridgehead atoms. The maximum atomic E-state index is 14.9. The zero-order valence-electron chi connectivity index (χ0n) is 17.5. The van der Waals surface area contributed by atoms with E-state index in [2.05, 4.69) is 15.2 Å². The predicted octanol–water partition coefficient (Wildman–Crippen LogP) is 4.77. The van der Waals surface area contributed by atoms with Crippen LogP contribution in [-0.2, 0) is 23.1 Å². The van der Waals surface area contributed by atoms with Crippen LogP contribution in [-0.4, -0.2) is 42.6 Å². The molecular formula is C21H19ClF2N4O4S2. The van der Waals surface area contributed by atoms with Crippen LogP contribution in [0, 0.1) is 11.6 Å². The highest BCUT2D eigenvalue weighted by Crippen LogP contribution is 2.32. The molecule has 3 aromatic rings. The van der Waals surface area contributed by atoms with E-state index >= 15 is 0 Å². The first-order chi connectivity index (χ1) is 16.2. The topological polar surface area (TPSA) is 103 Å². The van der Waals surface area contributed by atoms with Gasteiger partial charge < -0.3 is 10.4 Å². The van der Waals surface area contributed by atoms with Crippen LogP contribution in [0.1, 0.15) is 17.5 Å². The van der Waals surface area contributed by atoms with E-state index in [0.717, 1.165) is 48.5 Å². The Bertz CT molecular complexity index is 1320. The number of sulfonamides is 1. The number of anilines is 2. The molecule has 1 aliphatic rings. The molecule has 180 valence electrons. The van der Waals surface area contributed by atoms with E-state index in [9.17, 15) is 27.1 Å². The largest absolute Gasteiger partial charge is 0.464 e. The highest BCUT2D eigenvalue weighted by Gasteiger charge is 2.35. The average molecular weight is 529 g/mol. The van der Waals surface area contributed by atoms with Crippen molar-refractivity contribution in [1.82, 2.24) is 9.88 Å². The van der Waals surface area contributed by atoms with Crippen molar-refractivity contribution in [2.45, 2.75) is 24.4 Å². The number of likely N-dealkylation sites (tertiary alicyclic amines) is 1. The van der Waals surface area contributed by atoms with Crippen LogP contribution in [0.2, 0.25) is 5.02 Å². The molecule has 8 nitrogen and oxygen atoms in total. The fraction of sp³-hybridized carbons (Fsp3) is 0.238. The van der Waals surface area contributed by atoms with E-state index in [-0.39, 0.29) is 27.4 Å². The van der Waals surface area contributed by atoms with Crippen LogP contribution in [0.15, 0.2) is 46.1 Å². The third-order valence-corrected chi connectivity index (χ3v) is 7.93. The molecule has 0 saturated carbocycles. The number of carbonyl (C=O) groups is 1. The summed E-state index contributed by atoms with van der Waals surface area (Å²) in [6.07, 6.45) is -0.757.